The average Bonchev–Trinajstić information content (AvgIpc) is 3.12. The normalized spacial score (nSPS) is 12.6. The number of nitrogens with zero attached hydrogens (tertiary/aromatic N) is 3. The van der Waals surface area contributed by atoms with E-state index in [4.69, 9.17) is 38.5 Å². The Kier molecular flexibility index (Phi) is 6.74. The molecule has 1 aliphatic heterocycles. The first-order chi connectivity index (χ1) is 15.0. The summed E-state index contributed by atoms with van der Waals surface area (Å²) in [6, 6.07) is 10.8. The standard InChI is InChI=1S/C20H19Cl2N5O3S/c21-13-2-3-14(15(22)10-13)19-25-26-20(27(19)23)31-11-18(28)24-6-5-12-1-4-16-17(9-12)30-8-7-29-16/h1-4,9-10H,5-8,11,23H2,(H,24,28). The van der Waals surface area contributed by atoms with E-state index in [1.165, 1.54) is 16.4 Å². The second-order valence-electron chi connectivity index (χ2n) is 6.67. The number of hydrogen-bond acceptors (Lipinski definition) is 7. The van der Waals surface area contributed by atoms with Crippen LogP contribution in [0.2, 0.25) is 10.0 Å². The summed E-state index contributed by atoms with van der Waals surface area (Å²) in [7, 11) is 0. The summed E-state index contributed by atoms with van der Waals surface area (Å²) in [6.45, 7) is 1.60. The van der Waals surface area contributed by atoms with Crippen molar-refractivity contribution in [1.82, 2.24) is 20.2 Å². The second kappa shape index (κ2) is 9.67. The zero-order chi connectivity index (χ0) is 21.8. The summed E-state index contributed by atoms with van der Waals surface area (Å²) >= 11 is 13.3. The number of carbonyl (C=O) groups excluding carboxylic acids is 1. The van der Waals surface area contributed by atoms with Gasteiger partial charge < -0.3 is 20.6 Å². The number of carbonyl (C=O) groups is 1. The van der Waals surface area contributed by atoms with Crippen molar-refractivity contribution in [2.45, 2.75) is 11.6 Å². The van der Waals surface area contributed by atoms with E-state index in [2.05, 4.69) is 15.5 Å². The van der Waals surface area contributed by atoms with Crippen LogP contribution in [0, 0.1) is 0 Å². The van der Waals surface area contributed by atoms with Crippen molar-refractivity contribution in [3.8, 4) is 22.9 Å². The Morgan fingerprint density at radius 3 is 2.74 bits per heavy atom. The van der Waals surface area contributed by atoms with Crippen LogP contribution in [0.3, 0.4) is 0 Å². The highest BCUT2D eigenvalue weighted by Gasteiger charge is 2.16. The molecule has 1 aromatic heterocycles. The zero-order valence-electron chi connectivity index (χ0n) is 16.3. The van der Waals surface area contributed by atoms with E-state index in [9.17, 15) is 4.79 Å². The number of nitrogens with one attached hydrogen (secondary N) is 1. The number of rotatable bonds is 7. The van der Waals surface area contributed by atoms with Crippen molar-refractivity contribution in [1.29, 1.82) is 0 Å². The predicted molar refractivity (Wildman–Crippen MR) is 120 cm³/mol. The molecule has 0 spiro atoms. The van der Waals surface area contributed by atoms with Crippen LogP contribution in [0.4, 0.5) is 0 Å². The Bertz CT molecular complexity index is 1110. The van der Waals surface area contributed by atoms with E-state index >= 15 is 0 Å². The number of fused-ring (bicyclic) bond motifs is 1. The highest BCUT2D eigenvalue weighted by atomic mass is 35.5. The van der Waals surface area contributed by atoms with E-state index in [-0.39, 0.29) is 11.7 Å². The van der Waals surface area contributed by atoms with Gasteiger partial charge in [-0.15, -0.1) is 10.2 Å². The zero-order valence-corrected chi connectivity index (χ0v) is 18.6. The van der Waals surface area contributed by atoms with Crippen LogP contribution in [-0.2, 0) is 11.2 Å². The average molecular weight is 480 g/mol. The molecule has 1 aliphatic rings. The van der Waals surface area contributed by atoms with Crippen molar-refractivity contribution >= 4 is 40.9 Å². The highest BCUT2D eigenvalue weighted by Crippen LogP contribution is 2.31. The molecule has 0 radical (unpaired) electrons. The molecule has 8 nitrogen and oxygen atoms in total. The van der Waals surface area contributed by atoms with Gasteiger partial charge in [0.1, 0.15) is 13.2 Å². The van der Waals surface area contributed by atoms with Gasteiger partial charge in [-0.2, -0.15) is 0 Å². The van der Waals surface area contributed by atoms with Crippen molar-refractivity contribution in [2.24, 2.45) is 0 Å². The third kappa shape index (κ3) is 5.17. The number of hydrogen-bond donors (Lipinski definition) is 2. The minimum absolute atomic E-state index is 0.128. The third-order valence-corrected chi connectivity index (χ3v) is 6.00. The Hall–Kier alpha value is -2.62. The monoisotopic (exact) mass is 479 g/mol. The maximum absolute atomic E-state index is 12.2. The van der Waals surface area contributed by atoms with Crippen LogP contribution in [0.15, 0.2) is 41.6 Å². The van der Waals surface area contributed by atoms with Crippen LogP contribution in [-0.4, -0.2) is 46.3 Å². The number of ether oxygens (including phenoxy) is 2. The molecule has 31 heavy (non-hydrogen) atoms. The van der Waals surface area contributed by atoms with Gasteiger partial charge in [-0.1, -0.05) is 41.0 Å². The molecule has 1 amide bonds. The highest BCUT2D eigenvalue weighted by molar-refractivity contribution is 7.99. The van der Waals surface area contributed by atoms with Crippen LogP contribution in [0.1, 0.15) is 5.56 Å². The fourth-order valence-corrected chi connectivity index (χ4v) is 4.18. The van der Waals surface area contributed by atoms with E-state index < -0.39 is 0 Å². The Morgan fingerprint density at radius 2 is 1.94 bits per heavy atom. The van der Waals surface area contributed by atoms with Crippen molar-refractivity contribution in [2.75, 3.05) is 31.4 Å². The predicted octanol–water partition coefficient (Wildman–Crippen LogP) is 3.19. The Labute approximate surface area is 193 Å². The molecule has 2 heterocycles. The largest absolute Gasteiger partial charge is 0.486 e. The number of halogens is 2. The van der Waals surface area contributed by atoms with Gasteiger partial charge in [-0.25, -0.2) is 4.68 Å². The lowest BCUT2D eigenvalue weighted by Gasteiger charge is -2.18. The summed E-state index contributed by atoms with van der Waals surface area (Å²) in [6.07, 6.45) is 0.680. The molecular weight excluding hydrogens is 461 g/mol. The molecule has 162 valence electrons. The maximum atomic E-state index is 12.2. The van der Waals surface area contributed by atoms with Gasteiger partial charge in [0.25, 0.3) is 0 Å². The van der Waals surface area contributed by atoms with Gasteiger partial charge in [-0.3, -0.25) is 4.79 Å². The number of benzene rings is 2. The molecule has 0 saturated carbocycles. The van der Waals surface area contributed by atoms with Crippen molar-refractivity contribution in [3.63, 3.8) is 0 Å². The van der Waals surface area contributed by atoms with Crippen LogP contribution < -0.4 is 20.6 Å². The van der Waals surface area contributed by atoms with Gasteiger partial charge in [0.05, 0.1) is 10.8 Å². The second-order valence-corrected chi connectivity index (χ2v) is 8.45. The molecule has 2 aromatic carbocycles. The quantitative estimate of drug-likeness (QED) is 0.395. The van der Waals surface area contributed by atoms with Gasteiger partial charge in [0.15, 0.2) is 17.3 Å². The van der Waals surface area contributed by atoms with E-state index in [1.54, 1.807) is 18.2 Å². The maximum Gasteiger partial charge on any atom is 0.230 e. The van der Waals surface area contributed by atoms with E-state index in [0.717, 1.165) is 17.1 Å². The fourth-order valence-electron chi connectivity index (χ4n) is 3.00. The topological polar surface area (TPSA) is 104 Å². The smallest absolute Gasteiger partial charge is 0.230 e. The van der Waals surface area contributed by atoms with Crippen LogP contribution in [0.5, 0.6) is 11.5 Å². The molecule has 0 fully saturated rings. The van der Waals surface area contributed by atoms with E-state index in [1.807, 2.05) is 18.2 Å². The Balaban J connectivity index is 1.28. The van der Waals surface area contributed by atoms with Gasteiger partial charge in [0, 0.05) is 17.1 Å². The van der Waals surface area contributed by atoms with E-state index in [0.29, 0.717) is 52.8 Å². The third-order valence-electron chi connectivity index (χ3n) is 4.51. The summed E-state index contributed by atoms with van der Waals surface area (Å²) in [5.74, 6) is 8.00. The number of amides is 1. The van der Waals surface area contributed by atoms with Gasteiger partial charge >= 0.3 is 0 Å². The summed E-state index contributed by atoms with van der Waals surface area (Å²) in [5.41, 5.74) is 1.67. The van der Waals surface area contributed by atoms with Gasteiger partial charge in [-0.05, 0) is 42.3 Å². The fraction of sp³-hybridized carbons (Fsp3) is 0.250. The molecule has 0 aliphatic carbocycles. The summed E-state index contributed by atoms with van der Waals surface area (Å²) in [5, 5.41) is 12.4. The molecule has 0 bridgehead atoms. The molecular formula is C20H19Cl2N5O3S. The molecule has 0 unspecified atom stereocenters. The molecule has 11 heteroatoms. The number of nitrogens with two attached hydrogens (primary N) is 1. The molecule has 3 N–H and O–H groups in total. The molecule has 0 saturated heterocycles. The molecule has 4 rings (SSSR count). The minimum Gasteiger partial charge on any atom is -0.486 e. The van der Waals surface area contributed by atoms with Gasteiger partial charge in [0.2, 0.25) is 11.1 Å². The minimum atomic E-state index is -0.128. The van der Waals surface area contributed by atoms with Crippen molar-refractivity contribution in [3.05, 3.63) is 52.0 Å². The number of thioether (sulfide) groups is 1. The lowest BCUT2D eigenvalue weighted by Crippen LogP contribution is -2.27. The van der Waals surface area contributed by atoms with Crippen molar-refractivity contribution < 1.29 is 14.3 Å². The van der Waals surface area contributed by atoms with Crippen LogP contribution >= 0.6 is 35.0 Å². The van der Waals surface area contributed by atoms with Crippen LogP contribution in [0.25, 0.3) is 11.4 Å². The first kappa shape index (κ1) is 21.6. The molecule has 3 aromatic rings. The lowest BCUT2D eigenvalue weighted by molar-refractivity contribution is -0.118. The summed E-state index contributed by atoms with van der Waals surface area (Å²) < 4.78 is 12.4. The molecule has 0 atom stereocenters. The first-order valence-electron chi connectivity index (χ1n) is 9.45. The number of aromatic nitrogens is 3. The summed E-state index contributed by atoms with van der Waals surface area (Å²) in [4.78, 5) is 12.2. The first-order valence-corrected chi connectivity index (χ1v) is 11.2. The Morgan fingerprint density at radius 1 is 1.13 bits per heavy atom. The SMILES string of the molecule is Nn1c(SCC(=O)NCCc2ccc3c(c2)OCCO3)nnc1-c1ccc(Cl)cc1Cl. The lowest BCUT2D eigenvalue weighted by atomic mass is 10.1. The number of nitrogen functional groups attached to an aromatic ring is 1.